The van der Waals surface area contributed by atoms with Crippen LogP contribution in [0.1, 0.15) is 10.4 Å². The first-order valence-electron chi connectivity index (χ1n) is 8.08. The van der Waals surface area contributed by atoms with E-state index in [-0.39, 0.29) is 16.7 Å². The second kappa shape index (κ2) is 8.63. The van der Waals surface area contributed by atoms with Crippen LogP contribution >= 0.6 is 11.3 Å². The van der Waals surface area contributed by atoms with Gasteiger partial charge in [0.15, 0.2) is 0 Å². The molecule has 2 heterocycles. The molecule has 0 aliphatic heterocycles. The predicted molar refractivity (Wildman–Crippen MR) is 107 cm³/mol. The van der Waals surface area contributed by atoms with E-state index < -0.39 is 15.9 Å². The van der Waals surface area contributed by atoms with Gasteiger partial charge in [0.2, 0.25) is 5.91 Å². The van der Waals surface area contributed by atoms with Crippen molar-refractivity contribution in [2.75, 3.05) is 16.6 Å². The van der Waals surface area contributed by atoms with Gasteiger partial charge in [-0.05, 0) is 47.8 Å². The molecule has 0 fully saturated rings. The highest BCUT2D eigenvalue weighted by atomic mass is 32.2. The molecule has 28 heavy (non-hydrogen) atoms. The lowest BCUT2D eigenvalue weighted by Crippen LogP contribution is -2.32. The van der Waals surface area contributed by atoms with Crippen molar-refractivity contribution in [2.24, 2.45) is 0 Å². The van der Waals surface area contributed by atoms with Crippen LogP contribution in [0.4, 0.5) is 11.4 Å². The molecular formula is C18H16N4O4S2. The van der Waals surface area contributed by atoms with Crippen molar-refractivity contribution in [3.05, 3.63) is 71.9 Å². The molecule has 10 heteroatoms. The molecule has 0 bridgehead atoms. The van der Waals surface area contributed by atoms with Crippen molar-refractivity contribution in [3.63, 3.8) is 0 Å². The summed E-state index contributed by atoms with van der Waals surface area (Å²) in [7, 11) is -3.64. The number of nitrogens with zero attached hydrogens (tertiary/aromatic N) is 1. The summed E-state index contributed by atoms with van der Waals surface area (Å²) >= 11 is 1.11. The molecular weight excluding hydrogens is 400 g/mol. The van der Waals surface area contributed by atoms with Crippen LogP contribution in [-0.4, -0.2) is 31.8 Å². The Morgan fingerprint density at radius 2 is 1.79 bits per heavy atom. The van der Waals surface area contributed by atoms with Crippen molar-refractivity contribution in [2.45, 2.75) is 4.21 Å². The number of thiophene rings is 1. The highest BCUT2D eigenvalue weighted by Crippen LogP contribution is 2.20. The fourth-order valence-corrected chi connectivity index (χ4v) is 4.27. The first kappa shape index (κ1) is 19.5. The molecule has 3 aromatic rings. The van der Waals surface area contributed by atoms with E-state index >= 15 is 0 Å². The van der Waals surface area contributed by atoms with Crippen LogP contribution in [-0.2, 0) is 14.8 Å². The van der Waals surface area contributed by atoms with E-state index in [0.29, 0.717) is 16.9 Å². The summed E-state index contributed by atoms with van der Waals surface area (Å²) in [4.78, 5) is 27.9. The Morgan fingerprint density at radius 3 is 2.43 bits per heavy atom. The Bertz CT molecular complexity index is 1050. The third-order valence-corrected chi connectivity index (χ3v) is 6.29. The van der Waals surface area contributed by atoms with Gasteiger partial charge in [-0.25, -0.2) is 8.42 Å². The van der Waals surface area contributed by atoms with E-state index in [1.54, 1.807) is 29.8 Å². The smallest absolute Gasteiger partial charge is 0.271 e. The number of amides is 2. The quantitative estimate of drug-likeness (QED) is 0.546. The van der Waals surface area contributed by atoms with Crippen molar-refractivity contribution >= 4 is 44.5 Å². The first-order valence-corrected chi connectivity index (χ1v) is 10.4. The third-order valence-electron chi connectivity index (χ3n) is 3.51. The first-order chi connectivity index (χ1) is 13.4. The summed E-state index contributed by atoms with van der Waals surface area (Å²) in [5.41, 5.74) is 1.16. The van der Waals surface area contributed by atoms with Crippen LogP contribution in [0.15, 0.2) is 70.5 Å². The molecule has 0 unspecified atom stereocenters. The predicted octanol–water partition coefficient (Wildman–Crippen LogP) is 2.31. The lowest BCUT2D eigenvalue weighted by atomic mass is 10.2. The molecule has 2 amide bonds. The molecule has 0 aliphatic carbocycles. The molecule has 1 aromatic carbocycles. The maximum atomic E-state index is 12.2. The van der Waals surface area contributed by atoms with Gasteiger partial charge in [-0.15, -0.1) is 11.3 Å². The summed E-state index contributed by atoms with van der Waals surface area (Å²) in [5.74, 6) is -0.837. The molecule has 0 spiro atoms. The Morgan fingerprint density at radius 1 is 1.00 bits per heavy atom. The third kappa shape index (κ3) is 5.15. The van der Waals surface area contributed by atoms with E-state index in [0.717, 1.165) is 11.3 Å². The monoisotopic (exact) mass is 416 g/mol. The van der Waals surface area contributed by atoms with Crippen molar-refractivity contribution in [3.8, 4) is 0 Å². The summed E-state index contributed by atoms with van der Waals surface area (Å²) < 4.78 is 27.0. The van der Waals surface area contributed by atoms with Crippen LogP contribution < -0.4 is 15.4 Å². The summed E-state index contributed by atoms with van der Waals surface area (Å²) in [6.45, 7) is -0.208. The molecule has 0 radical (unpaired) electrons. The van der Waals surface area contributed by atoms with Crippen LogP contribution in [0.5, 0.6) is 0 Å². The molecule has 144 valence electrons. The maximum Gasteiger partial charge on any atom is 0.271 e. The minimum atomic E-state index is -3.64. The van der Waals surface area contributed by atoms with Crippen LogP contribution in [0.2, 0.25) is 0 Å². The number of carbonyl (C=O) groups excluding carboxylic acids is 2. The van der Waals surface area contributed by atoms with Gasteiger partial charge in [-0.3, -0.25) is 19.3 Å². The number of nitrogens with one attached hydrogen (secondary N) is 3. The van der Waals surface area contributed by atoms with E-state index in [1.165, 1.54) is 36.5 Å². The number of hydrogen-bond donors (Lipinski definition) is 3. The average molecular weight is 416 g/mol. The number of aromatic nitrogens is 1. The Labute approximate surface area is 165 Å². The van der Waals surface area contributed by atoms with Gasteiger partial charge in [0.25, 0.3) is 15.9 Å². The van der Waals surface area contributed by atoms with Gasteiger partial charge in [0, 0.05) is 17.4 Å². The molecule has 0 aliphatic rings. The SMILES string of the molecule is O=C(CNC(=O)c1ccc(NS(=O)(=O)c2cccs2)cc1)Nc1cccnc1. The zero-order valence-electron chi connectivity index (χ0n) is 14.5. The largest absolute Gasteiger partial charge is 0.343 e. The Hall–Kier alpha value is -3.24. The number of rotatable bonds is 7. The zero-order chi connectivity index (χ0) is 20.0. The molecule has 0 saturated carbocycles. The number of benzene rings is 1. The van der Waals surface area contributed by atoms with Crippen LogP contribution in [0.3, 0.4) is 0 Å². The summed E-state index contributed by atoms with van der Waals surface area (Å²) in [6.07, 6.45) is 3.08. The fourth-order valence-electron chi connectivity index (χ4n) is 2.22. The topological polar surface area (TPSA) is 117 Å². The summed E-state index contributed by atoms with van der Waals surface area (Å²) in [6, 6.07) is 12.4. The van der Waals surface area contributed by atoms with Gasteiger partial charge >= 0.3 is 0 Å². The molecule has 0 atom stereocenters. The van der Waals surface area contributed by atoms with Gasteiger partial charge < -0.3 is 10.6 Å². The lowest BCUT2D eigenvalue weighted by molar-refractivity contribution is -0.115. The Balaban J connectivity index is 1.54. The van der Waals surface area contributed by atoms with Crippen molar-refractivity contribution in [1.29, 1.82) is 0 Å². The second-order valence-electron chi connectivity index (χ2n) is 5.59. The zero-order valence-corrected chi connectivity index (χ0v) is 16.1. The minimum absolute atomic E-state index is 0.203. The highest BCUT2D eigenvalue weighted by Gasteiger charge is 2.15. The van der Waals surface area contributed by atoms with Crippen LogP contribution in [0.25, 0.3) is 0 Å². The number of sulfonamides is 1. The van der Waals surface area contributed by atoms with Crippen LogP contribution in [0, 0.1) is 0 Å². The molecule has 0 saturated heterocycles. The van der Waals surface area contributed by atoms with E-state index in [2.05, 4.69) is 20.3 Å². The number of carbonyl (C=O) groups is 2. The average Bonchev–Trinajstić information content (AvgIpc) is 3.23. The highest BCUT2D eigenvalue weighted by molar-refractivity contribution is 7.94. The van der Waals surface area contributed by atoms with Gasteiger partial charge in [-0.1, -0.05) is 6.07 Å². The summed E-state index contributed by atoms with van der Waals surface area (Å²) in [5, 5.41) is 6.78. The standard InChI is InChI=1S/C18H16N4O4S2/c23-16(21-15-3-1-9-19-11-15)12-20-18(24)13-5-7-14(8-6-13)22-28(25,26)17-4-2-10-27-17/h1-11,22H,12H2,(H,20,24)(H,21,23). The van der Waals surface area contributed by atoms with E-state index in [4.69, 9.17) is 0 Å². The molecule has 3 N–H and O–H groups in total. The Kier molecular flexibility index (Phi) is 6.02. The minimum Gasteiger partial charge on any atom is -0.343 e. The molecule has 2 aromatic heterocycles. The normalized spacial score (nSPS) is 10.9. The number of anilines is 2. The molecule has 3 rings (SSSR count). The number of pyridine rings is 1. The van der Waals surface area contributed by atoms with E-state index in [1.807, 2.05) is 0 Å². The maximum absolute atomic E-state index is 12.2. The van der Waals surface area contributed by atoms with E-state index in [9.17, 15) is 18.0 Å². The second-order valence-corrected chi connectivity index (χ2v) is 8.44. The lowest BCUT2D eigenvalue weighted by Gasteiger charge is -2.08. The van der Waals surface area contributed by atoms with Gasteiger partial charge in [0.1, 0.15) is 4.21 Å². The number of hydrogen-bond acceptors (Lipinski definition) is 6. The van der Waals surface area contributed by atoms with Gasteiger partial charge in [-0.2, -0.15) is 0 Å². The van der Waals surface area contributed by atoms with Crippen molar-refractivity contribution in [1.82, 2.24) is 10.3 Å². The van der Waals surface area contributed by atoms with Gasteiger partial charge in [0.05, 0.1) is 18.4 Å². The fraction of sp³-hybridized carbons (Fsp3) is 0.0556. The molecule has 8 nitrogen and oxygen atoms in total. The van der Waals surface area contributed by atoms with Crippen molar-refractivity contribution < 1.29 is 18.0 Å².